The van der Waals surface area contributed by atoms with Crippen LogP contribution in [0.5, 0.6) is 0 Å². The minimum atomic E-state index is -4.65. The molecular formula is C15H21ClF4N2. The summed E-state index contributed by atoms with van der Waals surface area (Å²) in [7, 11) is 0. The van der Waals surface area contributed by atoms with Crippen molar-refractivity contribution in [3.05, 3.63) is 35.1 Å². The molecule has 0 radical (unpaired) electrons. The zero-order valence-corrected chi connectivity index (χ0v) is 13.0. The maximum absolute atomic E-state index is 13.3. The second-order valence-corrected chi connectivity index (χ2v) is 5.51. The molecule has 0 amide bonds. The Kier molecular flexibility index (Phi) is 7.09. The first kappa shape index (κ1) is 19.2. The normalized spacial score (nSPS) is 19.8. The Morgan fingerprint density at radius 3 is 2.59 bits per heavy atom. The molecule has 22 heavy (non-hydrogen) atoms. The van der Waals surface area contributed by atoms with E-state index in [2.05, 4.69) is 4.90 Å². The number of halogens is 5. The van der Waals surface area contributed by atoms with Crippen LogP contribution in [0.2, 0.25) is 0 Å². The third-order valence-electron chi connectivity index (χ3n) is 3.97. The van der Waals surface area contributed by atoms with Gasteiger partial charge in [0.1, 0.15) is 5.82 Å². The second kappa shape index (κ2) is 8.13. The van der Waals surface area contributed by atoms with Crippen molar-refractivity contribution in [2.45, 2.75) is 44.4 Å². The van der Waals surface area contributed by atoms with Crippen LogP contribution in [0.1, 0.15) is 36.8 Å². The van der Waals surface area contributed by atoms with Crippen LogP contribution in [-0.4, -0.2) is 24.0 Å². The van der Waals surface area contributed by atoms with Gasteiger partial charge in [-0.3, -0.25) is 4.90 Å². The molecule has 1 aromatic rings. The van der Waals surface area contributed by atoms with Crippen LogP contribution in [-0.2, 0) is 12.7 Å². The van der Waals surface area contributed by atoms with Crippen molar-refractivity contribution in [1.29, 1.82) is 0 Å². The number of benzene rings is 1. The summed E-state index contributed by atoms with van der Waals surface area (Å²) >= 11 is 0. The zero-order valence-electron chi connectivity index (χ0n) is 12.2. The van der Waals surface area contributed by atoms with E-state index in [9.17, 15) is 17.6 Å². The van der Waals surface area contributed by atoms with Gasteiger partial charge in [0, 0.05) is 12.6 Å². The maximum atomic E-state index is 13.3. The van der Waals surface area contributed by atoms with E-state index in [1.165, 1.54) is 6.07 Å². The molecule has 0 aliphatic carbocycles. The van der Waals surface area contributed by atoms with Crippen molar-refractivity contribution in [2.24, 2.45) is 5.73 Å². The number of hydrogen-bond acceptors (Lipinski definition) is 2. The van der Waals surface area contributed by atoms with Crippen LogP contribution in [0, 0.1) is 5.82 Å². The molecule has 1 aliphatic rings. The average molecular weight is 341 g/mol. The van der Waals surface area contributed by atoms with Gasteiger partial charge in [-0.05, 0) is 50.0 Å². The lowest BCUT2D eigenvalue weighted by atomic mass is 9.98. The van der Waals surface area contributed by atoms with Crippen molar-refractivity contribution >= 4 is 12.4 Å². The fourth-order valence-electron chi connectivity index (χ4n) is 2.91. The third kappa shape index (κ3) is 4.83. The molecule has 1 fully saturated rings. The first-order valence-corrected chi connectivity index (χ1v) is 7.21. The number of alkyl halides is 3. The lowest BCUT2D eigenvalue weighted by Crippen LogP contribution is -2.40. The number of rotatable bonds is 4. The topological polar surface area (TPSA) is 29.3 Å². The molecule has 1 unspecified atom stereocenters. The standard InChI is InChI=1S/C15H20F4N2.ClH/c16-14-5-4-11(9-13(14)15(17,18)19)10-21-8-2-1-3-12(21)6-7-20;/h4-5,9,12H,1-3,6-8,10,20H2;1H. The lowest BCUT2D eigenvalue weighted by Gasteiger charge is -2.35. The van der Waals surface area contributed by atoms with Gasteiger partial charge in [-0.2, -0.15) is 13.2 Å². The Bertz CT molecular complexity index is 477. The Hall–Kier alpha value is -0.850. The van der Waals surface area contributed by atoms with E-state index >= 15 is 0 Å². The van der Waals surface area contributed by atoms with Crippen LogP contribution in [0.4, 0.5) is 17.6 Å². The first-order valence-electron chi connectivity index (χ1n) is 7.21. The monoisotopic (exact) mass is 340 g/mol. The third-order valence-corrected chi connectivity index (χ3v) is 3.97. The number of nitrogens with two attached hydrogens (primary N) is 1. The average Bonchev–Trinajstić information content (AvgIpc) is 2.42. The summed E-state index contributed by atoms with van der Waals surface area (Å²) in [6.45, 7) is 1.83. The molecule has 2 rings (SSSR count). The second-order valence-electron chi connectivity index (χ2n) is 5.51. The van der Waals surface area contributed by atoms with Gasteiger partial charge in [0.25, 0.3) is 0 Å². The van der Waals surface area contributed by atoms with Gasteiger partial charge in [0.2, 0.25) is 0 Å². The molecule has 0 saturated carbocycles. The summed E-state index contributed by atoms with van der Waals surface area (Å²) in [6, 6.07) is 3.56. The largest absolute Gasteiger partial charge is 0.419 e. The highest BCUT2D eigenvalue weighted by molar-refractivity contribution is 5.85. The Labute approximate surface area is 134 Å². The SMILES string of the molecule is Cl.NCCC1CCCCN1Cc1ccc(F)c(C(F)(F)F)c1. The van der Waals surface area contributed by atoms with E-state index in [-0.39, 0.29) is 12.4 Å². The van der Waals surface area contributed by atoms with Crippen molar-refractivity contribution in [3.8, 4) is 0 Å². The summed E-state index contributed by atoms with van der Waals surface area (Å²) < 4.78 is 51.5. The summed E-state index contributed by atoms with van der Waals surface area (Å²) in [4.78, 5) is 2.16. The van der Waals surface area contributed by atoms with Gasteiger partial charge in [-0.15, -0.1) is 12.4 Å². The Morgan fingerprint density at radius 2 is 1.95 bits per heavy atom. The smallest absolute Gasteiger partial charge is 0.330 e. The summed E-state index contributed by atoms with van der Waals surface area (Å²) in [5, 5.41) is 0. The van der Waals surface area contributed by atoms with Crippen molar-refractivity contribution in [1.82, 2.24) is 4.90 Å². The predicted octanol–water partition coefficient (Wildman–Crippen LogP) is 3.97. The molecule has 0 bridgehead atoms. The molecule has 7 heteroatoms. The number of piperidine rings is 1. The molecule has 1 aliphatic heterocycles. The minimum Gasteiger partial charge on any atom is -0.330 e. The summed E-state index contributed by atoms with van der Waals surface area (Å²) in [5.74, 6) is -1.22. The van der Waals surface area contributed by atoms with Crippen LogP contribution >= 0.6 is 12.4 Å². The molecule has 1 atom stereocenters. The summed E-state index contributed by atoms with van der Waals surface area (Å²) in [5.41, 5.74) is 4.90. The molecule has 1 heterocycles. The highest BCUT2D eigenvalue weighted by atomic mass is 35.5. The van der Waals surface area contributed by atoms with Gasteiger partial charge in [0.15, 0.2) is 0 Å². The molecule has 0 aromatic heterocycles. The minimum absolute atomic E-state index is 0. The fraction of sp³-hybridized carbons (Fsp3) is 0.600. The highest BCUT2D eigenvalue weighted by Crippen LogP contribution is 2.32. The highest BCUT2D eigenvalue weighted by Gasteiger charge is 2.34. The van der Waals surface area contributed by atoms with E-state index in [0.717, 1.165) is 44.4 Å². The van der Waals surface area contributed by atoms with E-state index in [1.807, 2.05) is 0 Å². The molecule has 2 nitrogen and oxygen atoms in total. The Morgan fingerprint density at radius 1 is 1.23 bits per heavy atom. The van der Waals surface area contributed by atoms with Crippen molar-refractivity contribution < 1.29 is 17.6 Å². The van der Waals surface area contributed by atoms with E-state index in [0.29, 0.717) is 24.7 Å². The quantitative estimate of drug-likeness (QED) is 0.840. The predicted molar refractivity (Wildman–Crippen MR) is 80.4 cm³/mol. The van der Waals surface area contributed by atoms with Gasteiger partial charge in [-0.1, -0.05) is 12.5 Å². The first-order chi connectivity index (χ1) is 9.91. The van der Waals surface area contributed by atoms with E-state index in [1.54, 1.807) is 0 Å². The van der Waals surface area contributed by atoms with Crippen molar-refractivity contribution in [2.75, 3.05) is 13.1 Å². The van der Waals surface area contributed by atoms with Gasteiger partial charge >= 0.3 is 6.18 Å². The number of nitrogens with zero attached hydrogens (tertiary/aromatic N) is 1. The molecule has 2 N–H and O–H groups in total. The molecule has 126 valence electrons. The number of likely N-dealkylation sites (tertiary alicyclic amines) is 1. The fourth-order valence-corrected chi connectivity index (χ4v) is 2.91. The van der Waals surface area contributed by atoms with Crippen molar-refractivity contribution in [3.63, 3.8) is 0 Å². The van der Waals surface area contributed by atoms with E-state index < -0.39 is 17.6 Å². The number of hydrogen-bond donors (Lipinski definition) is 1. The Balaban J connectivity index is 0.00000242. The van der Waals surface area contributed by atoms with Gasteiger partial charge in [-0.25, -0.2) is 4.39 Å². The molecule has 0 spiro atoms. The molecular weight excluding hydrogens is 320 g/mol. The van der Waals surface area contributed by atoms with Crippen LogP contribution in [0.3, 0.4) is 0 Å². The molecule has 1 saturated heterocycles. The summed E-state index contributed by atoms with van der Waals surface area (Å²) in [6.07, 6.45) is -0.636. The zero-order chi connectivity index (χ0) is 15.5. The van der Waals surface area contributed by atoms with Crippen LogP contribution < -0.4 is 5.73 Å². The van der Waals surface area contributed by atoms with Gasteiger partial charge < -0.3 is 5.73 Å². The molecule has 1 aromatic carbocycles. The van der Waals surface area contributed by atoms with Crippen LogP contribution in [0.15, 0.2) is 18.2 Å². The lowest BCUT2D eigenvalue weighted by molar-refractivity contribution is -0.140. The maximum Gasteiger partial charge on any atom is 0.419 e. The van der Waals surface area contributed by atoms with Gasteiger partial charge in [0.05, 0.1) is 5.56 Å². The van der Waals surface area contributed by atoms with Crippen LogP contribution in [0.25, 0.3) is 0 Å². The van der Waals surface area contributed by atoms with E-state index in [4.69, 9.17) is 5.73 Å².